The molecule has 1 N–H and O–H groups in total. The fraction of sp³-hybridized carbons (Fsp3) is 0.571. The predicted molar refractivity (Wildman–Crippen MR) is 55.7 cm³/mol. The molecule has 1 atom stereocenters. The van der Waals surface area contributed by atoms with Crippen LogP contribution in [0.15, 0.2) is 12.7 Å². The van der Waals surface area contributed by atoms with Crippen LogP contribution in [-0.4, -0.2) is 18.8 Å². The maximum absolute atomic E-state index is 11.7. The Morgan fingerprint density at radius 1 is 1.77 bits per heavy atom. The van der Waals surface area contributed by atoms with Crippen molar-refractivity contribution in [3.63, 3.8) is 0 Å². The molecule has 0 radical (unpaired) electrons. The van der Waals surface area contributed by atoms with Gasteiger partial charge in [-0.3, -0.25) is 14.4 Å². The number of amides is 1. The topological polar surface area (TPSA) is 55.4 Å². The standard InChI is InChI=1S/C7H14NO3PS/c1-4-6-13-12(10,11-3)8-7(9)5-2/h4H,1,5-6H2,2-3H3,(H,8,9,10). The summed E-state index contributed by atoms with van der Waals surface area (Å²) in [5.74, 6) is 0.205. The summed E-state index contributed by atoms with van der Waals surface area (Å²) >= 11 is 1.05. The first-order valence-corrected chi connectivity index (χ1v) is 7.01. The quantitative estimate of drug-likeness (QED) is 0.554. The molecule has 1 unspecified atom stereocenters. The van der Waals surface area contributed by atoms with E-state index >= 15 is 0 Å². The van der Waals surface area contributed by atoms with E-state index in [9.17, 15) is 9.36 Å². The van der Waals surface area contributed by atoms with Crippen LogP contribution in [0, 0.1) is 0 Å². The molecular weight excluding hydrogens is 209 g/mol. The molecule has 0 heterocycles. The van der Waals surface area contributed by atoms with E-state index in [4.69, 9.17) is 4.52 Å². The predicted octanol–water partition coefficient (Wildman–Crippen LogP) is 2.19. The molecule has 13 heavy (non-hydrogen) atoms. The summed E-state index contributed by atoms with van der Waals surface area (Å²) < 4.78 is 16.4. The second kappa shape index (κ2) is 6.24. The van der Waals surface area contributed by atoms with Crippen molar-refractivity contribution >= 4 is 24.0 Å². The van der Waals surface area contributed by atoms with E-state index in [-0.39, 0.29) is 5.91 Å². The second-order valence-electron chi connectivity index (χ2n) is 2.15. The van der Waals surface area contributed by atoms with E-state index < -0.39 is 6.72 Å². The Bertz CT molecular complexity index is 232. The molecule has 0 saturated carbocycles. The van der Waals surface area contributed by atoms with Gasteiger partial charge in [0.1, 0.15) is 0 Å². The van der Waals surface area contributed by atoms with Gasteiger partial charge in [0.25, 0.3) is 0 Å². The number of hydrogen-bond acceptors (Lipinski definition) is 4. The van der Waals surface area contributed by atoms with Gasteiger partial charge in [0, 0.05) is 19.3 Å². The van der Waals surface area contributed by atoms with Crippen LogP contribution in [0.2, 0.25) is 0 Å². The van der Waals surface area contributed by atoms with Gasteiger partial charge in [-0.1, -0.05) is 13.0 Å². The van der Waals surface area contributed by atoms with E-state index in [2.05, 4.69) is 11.7 Å². The molecule has 0 aromatic heterocycles. The first-order valence-electron chi connectivity index (χ1n) is 3.80. The van der Waals surface area contributed by atoms with Crippen molar-refractivity contribution in [1.82, 2.24) is 5.09 Å². The van der Waals surface area contributed by atoms with Crippen LogP contribution in [0.5, 0.6) is 0 Å². The Balaban J connectivity index is 4.19. The minimum atomic E-state index is -3.04. The number of hydrogen-bond donors (Lipinski definition) is 1. The van der Waals surface area contributed by atoms with Gasteiger partial charge in [-0.25, -0.2) is 0 Å². The molecular formula is C7H14NO3PS. The largest absolute Gasteiger partial charge is 0.353 e. The summed E-state index contributed by atoms with van der Waals surface area (Å²) in [6.45, 7) is 2.13. The average Bonchev–Trinajstić information content (AvgIpc) is 2.14. The Hall–Kier alpha value is -0.250. The van der Waals surface area contributed by atoms with Gasteiger partial charge in [-0.2, -0.15) is 0 Å². The van der Waals surface area contributed by atoms with Gasteiger partial charge >= 0.3 is 6.72 Å². The highest BCUT2D eigenvalue weighted by molar-refractivity contribution is 8.56. The molecule has 0 aliphatic rings. The third kappa shape index (κ3) is 5.13. The lowest BCUT2D eigenvalue weighted by molar-refractivity contribution is -0.119. The maximum Gasteiger partial charge on any atom is 0.353 e. The van der Waals surface area contributed by atoms with Gasteiger partial charge in [-0.05, 0) is 11.4 Å². The zero-order valence-electron chi connectivity index (χ0n) is 7.78. The van der Waals surface area contributed by atoms with Crippen molar-refractivity contribution in [2.45, 2.75) is 13.3 Å². The summed E-state index contributed by atoms with van der Waals surface area (Å²) in [5, 5.41) is 2.34. The molecule has 0 bridgehead atoms. The Morgan fingerprint density at radius 2 is 2.38 bits per heavy atom. The van der Waals surface area contributed by atoms with Crippen molar-refractivity contribution in [1.29, 1.82) is 0 Å². The molecule has 0 aliphatic carbocycles. The third-order valence-corrected chi connectivity index (χ3v) is 5.10. The van der Waals surface area contributed by atoms with E-state index in [1.807, 2.05) is 0 Å². The molecule has 1 amide bonds. The summed E-state index contributed by atoms with van der Waals surface area (Å²) in [5.41, 5.74) is 0. The van der Waals surface area contributed by atoms with E-state index in [0.29, 0.717) is 12.2 Å². The van der Waals surface area contributed by atoms with Crippen LogP contribution >= 0.6 is 18.1 Å². The highest BCUT2D eigenvalue weighted by atomic mass is 32.7. The molecule has 0 aromatic carbocycles. The zero-order chi connectivity index (χ0) is 10.3. The minimum absolute atomic E-state index is 0.276. The number of carbonyl (C=O) groups is 1. The van der Waals surface area contributed by atoms with Crippen LogP contribution < -0.4 is 5.09 Å². The van der Waals surface area contributed by atoms with Crippen LogP contribution in [0.3, 0.4) is 0 Å². The van der Waals surface area contributed by atoms with Crippen LogP contribution in [-0.2, 0) is 13.9 Å². The lowest BCUT2D eigenvalue weighted by Crippen LogP contribution is -2.18. The minimum Gasteiger partial charge on any atom is -0.309 e. The molecule has 0 spiro atoms. The SMILES string of the molecule is C=CCSP(=O)(NC(=O)CC)OC. The maximum atomic E-state index is 11.7. The number of nitrogens with one attached hydrogen (secondary N) is 1. The second-order valence-corrected chi connectivity index (χ2v) is 6.54. The number of carbonyl (C=O) groups excluding carboxylic acids is 1. The fourth-order valence-electron chi connectivity index (χ4n) is 0.513. The van der Waals surface area contributed by atoms with Crippen molar-refractivity contribution in [2.75, 3.05) is 12.9 Å². The first-order chi connectivity index (χ1) is 6.08. The molecule has 0 aromatic rings. The van der Waals surface area contributed by atoms with Gasteiger partial charge in [0.2, 0.25) is 5.91 Å². The lowest BCUT2D eigenvalue weighted by Gasteiger charge is -2.14. The summed E-state index contributed by atoms with van der Waals surface area (Å²) in [7, 11) is 1.31. The molecule has 0 rings (SSSR count). The van der Waals surface area contributed by atoms with Crippen LogP contribution in [0.1, 0.15) is 13.3 Å². The number of rotatable bonds is 6. The molecule has 4 nitrogen and oxygen atoms in total. The van der Waals surface area contributed by atoms with Crippen molar-refractivity contribution in [3.8, 4) is 0 Å². The van der Waals surface area contributed by atoms with Crippen LogP contribution in [0.25, 0.3) is 0 Å². The summed E-state index contributed by atoms with van der Waals surface area (Å²) in [4.78, 5) is 10.9. The third-order valence-electron chi connectivity index (χ3n) is 1.19. The van der Waals surface area contributed by atoms with Crippen molar-refractivity contribution in [2.24, 2.45) is 0 Å². The first kappa shape index (κ1) is 12.8. The Kier molecular flexibility index (Phi) is 6.12. The zero-order valence-corrected chi connectivity index (χ0v) is 9.49. The van der Waals surface area contributed by atoms with Gasteiger partial charge < -0.3 is 4.52 Å². The molecule has 0 aliphatic heterocycles. The van der Waals surface area contributed by atoms with Crippen molar-refractivity contribution < 1.29 is 13.9 Å². The van der Waals surface area contributed by atoms with E-state index in [1.165, 1.54) is 7.11 Å². The fourth-order valence-corrected chi connectivity index (χ4v) is 3.26. The summed E-state index contributed by atoms with van der Waals surface area (Å²) in [6.07, 6.45) is 1.90. The smallest absolute Gasteiger partial charge is 0.309 e. The van der Waals surface area contributed by atoms with Gasteiger partial charge in [0.15, 0.2) is 0 Å². The highest BCUT2D eigenvalue weighted by Crippen LogP contribution is 2.54. The molecule has 76 valence electrons. The molecule has 6 heteroatoms. The molecule has 0 fully saturated rings. The Morgan fingerprint density at radius 3 is 2.77 bits per heavy atom. The van der Waals surface area contributed by atoms with Crippen LogP contribution in [0.4, 0.5) is 0 Å². The van der Waals surface area contributed by atoms with Gasteiger partial charge in [0.05, 0.1) is 0 Å². The van der Waals surface area contributed by atoms with E-state index in [0.717, 1.165) is 11.4 Å². The average molecular weight is 223 g/mol. The normalized spacial score (nSPS) is 14.6. The van der Waals surface area contributed by atoms with Crippen molar-refractivity contribution in [3.05, 3.63) is 12.7 Å². The highest BCUT2D eigenvalue weighted by Gasteiger charge is 2.23. The molecule has 0 saturated heterocycles. The Labute approximate surface area is 82.4 Å². The monoisotopic (exact) mass is 223 g/mol. The van der Waals surface area contributed by atoms with E-state index in [1.54, 1.807) is 13.0 Å². The lowest BCUT2D eigenvalue weighted by atomic mass is 10.5. The summed E-state index contributed by atoms with van der Waals surface area (Å²) in [6, 6.07) is 0. The van der Waals surface area contributed by atoms with Gasteiger partial charge in [-0.15, -0.1) is 6.58 Å².